The molecule has 0 aromatic carbocycles. The number of H-pyrrole nitrogens is 1. The van der Waals surface area contributed by atoms with Gasteiger partial charge >= 0.3 is 0 Å². The van der Waals surface area contributed by atoms with Crippen LogP contribution in [0.2, 0.25) is 0 Å². The third-order valence-corrected chi connectivity index (χ3v) is 2.47. The van der Waals surface area contributed by atoms with Crippen molar-refractivity contribution in [3.63, 3.8) is 0 Å². The lowest BCUT2D eigenvalue weighted by molar-refractivity contribution is 0.411. The van der Waals surface area contributed by atoms with Crippen LogP contribution in [-0.2, 0) is 0 Å². The molecule has 5 heteroatoms. The molecule has 0 fully saturated rings. The third-order valence-electron chi connectivity index (χ3n) is 2.18. The molecule has 0 atom stereocenters. The Kier molecular flexibility index (Phi) is 2.96. The van der Waals surface area contributed by atoms with Gasteiger partial charge in [0.2, 0.25) is 0 Å². The van der Waals surface area contributed by atoms with Crippen LogP contribution in [0.3, 0.4) is 0 Å². The summed E-state index contributed by atoms with van der Waals surface area (Å²) in [4.78, 5) is 11.1. The number of aromatic nitrogens is 3. The molecule has 0 amide bonds. The van der Waals surface area contributed by atoms with Gasteiger partial charge in [-0.3, -0.25) is 4.98 Å². The van der Waals surface area contributed by atoms with Crippen molar-refractivity contribution in [2.24, 2.45) is 0 Å². The van der Waals surface area contributed by atoms with Crippen LogP contribution in [0, 0.1) is 11.6 Å². The molecule has 4 nitrogen and oxygen atoms in total. The van der Waals surface area contributed by atoms with Crippen LogP contribution in [0.4, 0.5) is 0 Å². The summed E-state index contributed by atoms with van der Waals surface area (Å²) >= 11 is 5.09. The first kappa shape index (κ1) is 10.8. The summed E-state index contributed by atoms with van der Waals surface area (Å²) in [6, 6.07) is 2.01. The molecule has 2 aromatic heterocycles. The molecule has 0 saturated heterocycles. The van der Waals surface area contributed by atoms with Crippen LogP contribution in [0.1, 0.15) is 5.56 Å². The molecule has 16 heavy (non-hydrogen) atoms. The second-order valence-corrected chi connectivity index (χ2v) is 3.75. The number of aryl methyl sites for hydroxylation is 1. The van der Waals surface area contributed by atoms with E-state index in [2.05, 4.69) is 15.0 Å². The van der Waals surface area contributed by atoms with E-state index in [1.807, 2.05) is 13.0 Å². The predicted molar refractivity (Wildman–Crippen MR) is 63.9 cm³/mol. The summed E-state index contributed by atoms with van der Waals surface area (Å²) in [7, 11) is 1.58. The summed E-state index contributed by atoms with van der Waals surface area (Å²) < 4.78 is 5.69. The van der Waals surface area contributed by atoms with Crippen LogP contribution >= 0.6 is 12.2 Å². The van der Waals surface area contributed by atoms with Gasteiger partial charge in [0.05, 0.1) is 19.1 Å². The molecule has 2 heterocycles. The minimum absolute atomic E-state index is 0.442. The van der Waals surface area contributed by atoms with Crippen molar-refractivity contribution in [3.05, 3.63) is 35.0 Å². The molecule has 0 radical (unpaired) electrons. The van der Waals surface area contributed by atoms with Gasteiger partial charge in [0, 0.05) is 18.0 Å². The Morgan fingerprint density at radius 2 is 2.19 bits per heavy atom. The van der Waals surface area contributed by atoms with E-state index < -0.39 is 0 Å². The van der Waals surface area contributed by atoms with Crippen LogP contribution < -0.4 is 4.74 Å². The average Bonchev–Trinajstić information content (AvgIpc) is 2.28. The quantitative estimate of drug-likeness (QED) is 0.810. The normalized spacial score (nSPS) is 10.1. The van der Waals surface area contributed by atoms with E-state index in [4.69, 9.17) is 17.0 Å². The fraction of sp³-hybridized carbons (Fsp3) is 0.182. The highest BCUT2D eigenvalue weighted by Crippen LogP contribution is 2.27. The van der Waals surface area contributed by atoms with Gasteiger partial charge in [0.15, 0.2) is 10.4 Å². The van der Waals surface area contributed by atoms with E-state index in [0.717, 1.165) is 16.8 Å². The van der Waals surface area contributed by atoms with Gasteiger partial charge in [0.25, 0.3) is 0 Å². The maximum Gasteiger partial charge on any atom is 0.179 e. The van der Waals surface area contributed by atoms with Gasteiger partial charge in [-0.15, -0.1) is 0 Å². The van der Waals surface area contributed by atoms with Crippen molar-refractivity contribution >= 4 is 12.2 Å². The van der Waals surface area contributed by atoms with Crippen LogP contribution in [-0.4, -0.2) is 22.1 Å². The average molecular weight is 233 g/mol. The number of pyridine rings is 1. The second kappa shape index (κ2) is 4.40. The molecular weight excluding hydrogens is 222 g/mol. The third kappa shape index (κ3) is 1.94. The zero-order valence-corrected chi connectivity index (χ0v) is 9.84. The molecule has 82 valence electrons. The Labute approximate surface area is 98.3 Å². The van der Waals surface area contributed by atoms with Gasteiger partial charge in [-0.25, -0.2) is 4.98 Å². The standard InChI is InChI=1S/C11H11N3OS/c1-7-3-8(5-12-4-7)9-10(15-2)11(16)14-6-13-9/h3-6H,1-2H3,(H,13,14,16). The zero-order chi connectivity index (χ0) is 11.5. The van der Waals surface area contributed by atoms with Crippen molar-refractivity contribution in [2.45, 2.75) is 6.92 Å². The number of rotatable bonds is 2. The van der Waals surface area contributed by atoms with Gasteiger partial charge in [-0.1, -0.05) is 12.2 Å². The van der Waals surface area contributed by atoms with Crippen molar-refractivity contribution in [3.8, 4) is 17.0 Å². The first-order valence-electron chi connectivity index (χ1n) is 4.76. The molecule has 2 aromatic rings. The minimum atomic E-state index is 0.442. The molecule has 2 rings (SSSR count). The Hall–Kier alpha value is -1.75. The fourth-order valence-electron chi connectivity index (χ4n) is 1.48. The van der Waals surface area contributed by atoms with E-state index in [9.17, 15) is 0 Å². The zero-order valence-electron chi connectivity index (χ0n) is 9.02. The molecule has 0 spiro atoms. The predicted octanol–water partition coefficient (Wildman–Crippen LogP) is 2.52. The second-order valence-electron chi connectivity index (χ2n) is 3.37. The van der Waals surface area contributed by atoms with E-state index in [0.29, 0.717) is 10.4 Å². The molecule has 0 aliphatic rings. The number of hydrogen-bond donors (Lipinski definition) is 1. The molecule has 0 unspecified atom stereocenters. The highest BCUT2D eigenvalue weighted by Gasteiger charge is 2.08. The SMILES string of the molecule is COc1c(-c2cncc(C)c2)[nH]cnc1=S. The lowest BCUT2D eigenvalue weighted by Gasteiger charge is -2.07. The lowest BCUT2D eigenvalue weighted by atomic mass is 10.1. The van der Waals surface area contributed by atoms with E-state index in [-0.39, 0.29) is 0 Å². The monoisotopic (exact) mass is 233 g/mol. The first-order chi connectivity index (χ1) is 7.72. The Morgan fingerprint density at radius 1 is 1.38 bits per heavy atom. The maximum absolute atomic E-state index is 5.24. The molecule has 1 N–H and O–H groups in total. The lowest BCUT2D eigenvalue weighted by Crippen LogP contribution is -1.94. The van der Waals surface area contributed by atoms with Crippen LogP contribution in [0.25, 0.3) is 11.3 Å². The molecular formula is C11H11N3OS. The van der Waals surface area contributed by atoms with E-state index >= 15 is 0 Å². The Bertz CT molecular complexity index is 565. The summed E-state index contributed by atoms with van der Waals surface area (Å²) in [5.74, 6) is 0.574. The van der Waals surface area contributed by atoms with Crippen molar-refractivity contribution < 1.29 is 4.74 Å². The maximum atomic E-state index is 5.24. The highest BCUT2D eigenvalue weighted by molar-refractivity contribution is 7.71. The highest BCUT2D eigenvalue weighted by atomic mass is 32.1. The first-order valence-corrected chi connectivity index (χ1v) is 5.17. The van der Waals surface area contributed by atoms with Crippen LogP contribution in [0.5, 0.6) is 5.75 Å². The summed E-state index contributed by atoms with van der Waals surface area (Å²) in [6.45, 7) is 1.98. The minimum Gasteiger partial charge on any atom is -0.491 e. The Balaban J connectivity index is 2.64. The summed E-state index contributed by atoms with van der Waals surface area (Å²) in [5.41, 5.74) is 2.82. The number of aromatic amines is 1. The summed E-state index contributed by atoms with van der Waals surface area (Å²) in [6.07, 6.45) is 5.12. The van der Waals surface area contributed by atoms with Crippen molar-refractivity contribution in [2.75, 3.05) is 7.11 Å². The van der Waals surface area contributed by atoms with Gasteiger partial charge in [-0.2, -0.15) is 0 Å². The molecule has 0 bridgehead atoms. The van der Waals surface area contributed by atoms with Gasteiger partial charge < -0.3 is 9.72 Å². The van der Waals surface area contributed by atoms with Gasteiger partial charge in [-0.05, 0) is 18.6 Å². The molecule has 0 aliphatic heterocycles. The topological polar surface area (TPSA) is 50.8 Å². The number of nitrogens with zero attached hydrogens (tertiary/aromatic N) is 2. The number of ether oxygens (including phenoxy) is 1. The number of hydrogen-bond acceptors (Lipinski definition) is 4. The van der Waals surface area contributed by atoms with E-state index in [1.54, 1.807) is 25.8 Å². The van der Waals surface area contributed by atoms with Crippen molar-refractivity contribution in [1.29, 1.82) is 0 Å². The van der Waals surface area contributed by atoms with E-state index in [1.165, 1.54) is 0 Å². The summed E-state index contributed by atoms with van der Waals surface area (Å²) in [5, 5.41) is 0. The van der Waals surface area contributed by atoms with Crippen molar-refractivity contribution in [1.82, 2.24) is 15.0 Å². The van der Waals surface area contributed by atoms with Gasteiger partial charge in [0.1, 0.15) is 0 Å². The smallest absolute Gasteiger partial charge is 0.179 e. The number of methoxy groups -OCH3 is 1. The number of nitrogens with one attached hydrogen (secondary N) is 1. The van der Waals surface area contributed by atoms with Crippen LogP contribution in [0.15, 0.2) is 24.8 Å². The Morgan fingerprint density at radius 3 is 2.88 bits per heavy atom. The largest absolute Gasteiger partial charge is 0.491 e. The molecule has 0 aliphatic carbocycles. The fourth-order valence-corrected chi connectivity index (χ4v) is 1.72. The molecule has 0 saturated carbocycles.